The lowest BCUT2D eigenvalue weighted by Gasteiger charge is -2.53. The first-order valence-electron chi connectivity index (χ1n) is 9.85. The molecule has 0 aliphatic carbocycles. The summed E-state index contributed by atoms with van der Waals surface area (Å²) in [6.07, 6.45) is -1.94. The molecule has 1 saturated heterocycles. The van der Waals surface area contributed by atoms with E-state index in [-0.39, 0.29) is 39.0 Å². The van der Waals surface area contributed by atoms with Crippen molar-refractivity contribution in [2.45, 2.75) is 63.8 Å². The number of benzene rings is 1. The maximum Gasteiger partial charge on any atom is 0.416 e. The Morgan fingerprint density at radius 1 is 1.10 bits per heavy atom. The average molecular weight is 504 g/mol. The quantitative estimate of drug-likeness (QED) is 0.486. The molecule has 0 unspecified atom stereocenters. The second-order valence-electron chi connectivity index (χ2n) is 9.17. The third kappa shape index (κ3) is 5.46. The molecule has 0 atom stereocenters. The molecule has 1 fully saturated rings. The molecular weight excluding hydrogens is 478 g/mol. The zero-order valence-corrected chi connectivity index (χ0v) is 19.6. The van der Waals surface area contributed by atoms with Crippen LogP contribution in [0, 0.1) is 5.82 Å². The Labute approximate surface area is 187 Å². The summed E-state index contributed by atoms with van der Waals surface area (Å²) < 4.78 is 53.9. The normalized spacial score (nSPS) is 19.3. The molecule has 1 aromatic carbocycles. The van der Waals surface area contributed by atoms with Crippen LogP contribution in [0.2, 0.25) is 0 Å². The van der Waals surface area contributed by atoms with Crippen LogP contribution in [0.5, 0.6) is 0 Å². The van der Waals surface area contributed by atoms with Crippen molar-refractivity contribution >= 4 is 33.4 Å². The molecule has 2 heterocycles. The second-order valence-corrected chi connectivity index (χ2v) is 10.1. The molecule has 0 bridgehead atoms. The fourth-order valence-electron chi connectivity index (χ4n) is 4.15. The van der Waals surface area contributed by atoms with Gasteiger partial charge in [0.1, 0.15) is 0 Å². The third-order valence-corrected chi connectivity index (χ3v) is 6.33. The Bertz CT molecular complexity index is 943. The van der Waals surface area contributed by atoms with E-state index in [0.29, 0.717) is 0 Å². The highest BCUT2D eigenvalue weighted by Crippen LogP contribution is 2.38. The van der Waals surface area contributed by atoms with Crippen LogP contribution in [0.1, 0.15) is 46.1 Å². The summed E-state index contributed by atoms with van der Waals surface area (Å²) in [6.45, 7) is 8.55. The number of nitrogens with one attached hydrogen (secondary N) is 2. The Hall–Kier alpha value is -1.94. The molecule has 2 N–H and O–H groups in total. The Morgan fingerprint density at radius 3 is 2.29 bits per heavy atom. The van der Waals surface area contributed by atoms with Gasteiger partial charge >= 0.3 is 6.18 Å². The number of likely N-dealkylation sites (tertiary alicyclic amines) is 1. The number of piperidine rings is 1. The average Bonchev–Trinajstić information content (AvgIpc) is 2.61. The van der Waals surface area contributed by atoms with Crippen molar-refractivity contribution in [3.8, 4) is 0 Å². The van der Waals surface area contributed by atoms with E-state index in [0.717, 1.165) is 31.2 Å². The number of hydrogen-bond donors (Lipinski definition) is 2. The zero-order valence-electron chi connectivity index (χ0n) is 18.0. The van der Waals surface area contributed by atoms with E-state index in [1.165, 1.54) is 6.07 Å². The molecule has 170 valence electrons. The highest BCUT2D eigenvalue weighted by Gasteiger charge is 2.43. The molecule has 0 spiro atoms. The van der Waals surface area contributed by atoms with Crippen LogP contribution in [-0.2, 0) is 6.18 Å². The third-order valence-electron chi connectivity index (χ3n) is 5.87. The van der Waals surface area contributed by atoms with Gasteiger partial charge in [0.05, 0.1) is 11.8 Å². The first kappa shape index (κ1) is 23.7. The fraction of sp³-hybridized carbons (Fsp3) is 0.524. The monoisotopic (exact) mass is 503 g/mol. The number of alkyl halides is 3. The molecule has 31 heavy (non-hydrogen) atoms. The lowest BCUT2D eigenvalue weighted by Crippen LogP contribution is -2.61. The van der Waals surface area contributed by atoms with Gasteiger partial charge in [0, 0.05) is 27.3 Å². The first-order chi connectivity index (χ1) is 14.2. The van der Waals surface area contributed by atoms with Crippen LogP contribution in [-0.4, -0.2) is 39.0 Å². The predicted octanol–water partition coefficient (Wildman–Crippen LogP) is 6.20. The van der Waals surface area contributed by atoms with Crippen molar-refractivity contribution in [1.82, 2.24) is 14.9 Å². The first-order valence-corrected chi connectivity index (χ1v) is 10.6. The van der Waals surface area contributed by atoms with Crippen molar-refractivity contribution < 1.29 is 17.6 Å². The van der Waals surface area contributed by atoms with Crippen molar-refractivity contribution in [3.63, 3.8) is 0 Å². The van der Waals surface area contributed by atoms with E-state index >= 15 is 0 Å². The Balaban J connectivity index is 1.83. The topological polar surface area (TPSA) is 53.1 Å². The molecule has 3 rings (SSSR count). The summed E-state index contributed by atoms with van der Waals surface area (Å²) in [5.74, 6) is -0.600. The van der Waals surface area contributed by atoms with Crippen LogP contribution in [0.15, 0.2) is 28.9 Å². The Morgan fingerprint density at radius 2 is 1.71 bits per heavy atom. The van der Waals surface area contributed by atoms with Crippen LogP contribution < -0.4 is 10.6 Å². The van der Waals surface area contributed by atoms with E-state index < -0.39 is 17.6 Å². The number of aromatic nitrogens is 2. The van der Waals surface area contributed by atoms with E-state index in [2.05, 4.69) is 76.2 Å². The van der Waals surface area contributed by atoms with Gasteiger partial charge in [-0.1, -0.05) is 15.9 Å². The summed E-state index contributed by atoms with van der Waals surface area (Å²) in [6, 6.07) is 3.37. The molecule has 5 nitrogen and oxygen atoms in total. The maximum absolute atomic E-state index is 14.4. The van der Waals surface area contributed by atoms with Crippen LogP contribution in [0.3, 0.4) is 0 Å². The van der Waals surface area contributed by atoms with Gasteiger partial charge in [-0.05, 0) is 65.8 Å². The maximum atomic E-state index is 14.4. The summed E-state index contributed by atoms with van der Waals surface area (Å²) in [5, 5.41) is 5.91. The van der Waals surface area contributed by atoms with E-state index in [4.69, 9.17) is 0 Å². The number of nitrogens with zero attached hydrogens (tertiary/aromatic N) is 3. The van der Waals surface area contributed by atoms with Gasteiger partial charge in [-0.2, -0.15) is 18.2 Å². The standard InChI is InChI=1S/C21H26BrF4N5/c1-19(2)9-15(10-20(3,4)31(19)5)28-17-16(23)11-27-18(30-17)29-14-7-12(21(24,25)26)6-13(22)8-14/h6-8,11,15H,9-10H2,1-5H3,(H2,27,28,29,30). The number of halogens is 5. The van der Waals surface area contributed by atoms with Gasteiger partial charge in [-0.25, -0.2) is 9.37 Å². The minimum absolute atomic E-state index is 0.00146. The molecule has 1 aliphatic rings. The number of anilines is 3. The van der Waals surface area contributed by atoms with Gasteiger partial charge in [-0.15, -0.1) is 0 Å². The summed E-state index contributed by atoms with van der Waals surface area (Å²) >= 11 is 3.08. The highest BCUT2D eigenvalue weighted by molar-refractivity contribution is 9.10. The van der Waals surface area contributed by atoms with Crippen LogP contribution in [0.25, 0.3) is 0 Å². The lowest BCUT2D eigenvalue weighted by molar-refractivity contribution is -0.137. The minimum atomic E-state index is -4.50. The van der Waals surface area contributed by atoms with Gasteiger partial charge in [0.2, 0.25) is 5.95 Å². The molecule has 0 amide bonds. The van der Waals surface area contributed by atoms with Crippen molar-refractivity contribution in [1.29, 1.82) is 0 Å². The molecule has 2 aromatic rings. The van der Waals surface area contributed by atoms with Gasteiger partial charge in [-0.3, -0.25) is 4.90 Å². The van der Waals surface area contributed by atoms with E-state index in [1.54, 1.807) is 0 Å². The predicted molar refractivity (Wildman–Crippen MR) is 117 cm³/mol. The summed E-state index contributed by atoms with van der Waals surface area (Å²) in [5.41, 5.74) is -0.885. The largest absolute Gasteiger partial charge is 0.416 e. The zero-order chi connectivity index (χ0) is 23.2. The number of rotatable bonds is 4. The van der Waals surface area contributed by atoms with Gasteiger partial charge in [0.15, 0.2) is 11.6 Å². The Kier molecular flexibility index (Phi) is 6.27. The van der Waals surface area contributed by atoms with Crippen molar-refractivity contribution in [2.24, 2.45) is 0 Å². The highest BCUT2D eigenvalue weighted by atomic mass is 79.9. The lowest BCUT2D eigenvalue weighted by atomic mass is 9.77. The second kappa shape index (κ2) is 8.20. The molecule has 0 radical (unpaired) electrons. The number of hydrogen-bond acceptors (Lipinski definition) is 5. The van der Waals surface area contributed by atoms with Gasteiger partial charge in [0.25, 0.3) is 0 Å². The molecular formula is C21H26BrF4N5. The van der Waals surface area contributed by atoms with Crippen LogP contribution in [0.4, 0.5) is 35.0 Å². The molecule has 10 heteroatoms. The van der Waals surface area contributed by atoms with Crippen molar-refractivity contribution in [2.75, 3.05) is 17.7 Å². The SMILES string of the molecule is CN1C(C)(C)CC(Nc2nc(Nc3cc(Br)cc(C(F)(F)F)c3)ncc2F)CC1(C)C. The van der Waals surface area contributed by atoms with Gasteiger partial charge < -0.3 is 10.6 Å². The van der Waals surface area contributed by atoms with E-state index in [1.807, 2.05) is 0 Å². The molecule has 0 saturated carbocycles. The summed E-state index contributed by atoms with van der Waals surface area (Å²) in [7, 11) is 2.08. The summed E-state index contributed by atoms with van der Waals surface area (Å²) in [4.78, 5) is 10.4. The fourth-order valence-corrected chi connectivity index (χ4v) is 4.64. The van der Waals surface area contributed by atoms with Crippen LogP contribution >= 0.6 is 15.9 Å². The minimum Gasteiger partial charge on any atom is -0.365 e. The smallest absolute Gasteiger partial charge is 0.365 e. The molecule has 1 aromatic heterocycles. The molecule has 1 aliphatic heterocycles. The van der Waals surface area contributed by atoms with E-state index in [9.17, 15) is 17.6 Å². The van der Waals surface area contributed by atoms with Crippen molar-refractivity contribution in [3.05, 3.63) is 40.2 Å².